The van der Waals surface area contributed by atoms with Gasteiger partial charge in [-0.15, -0.1) is 0 Å². The second-order valence-electron chi connectivity index (χ2n) is 5.59. The number of nitrogens with zero attached hydrogens (tertiary/aromatic N) is 2. The maximum atomic E-state index is 4.95. The summed E-state index contributed by atoms with van der Waals surface area (Å²) in [7, 11) is 0. The minimum absolute atomic E-state index is 1.04. The van der Waals surface area contributed by atoms with Gasteiger partial charge in [-0.25, -0.2) is 0 Å². The summed E-state index contributed by atoms with van der Waals surface area (Å²) in [5.41, 5.74) is 6.78. The topological polar surface area (TPSA) is 15.6 Å². The van der Waals surface area contributed by atoms with Gasteiger partial charge in [0.05, 0.1) is 5.71 Å². The summed E-state index contributed by atoms with van der Waals surface area (Å²) in [6.07, 6.45) is 5.97. The fraction of sp³-hybridized carbons (Fsp3) is 0.706. The molecule has 0 spiro atoms. The normalized spacial score (nSPS) is 16.9. The van der Waals surface area contributed by atoms with Crippen LogP contribution in [0, 0.1) is 0 Å². The Kier molecular flexibility index (Phi) is 6.33. The van der Waals surface area contributed by atoms with Gasteiger partial charge in [-0.05, 0) is 63.7 Å². The average molecular weight is 262 g/mol. The van der Waals surface area contributed by atoms with Gasteiger partial charge in [-0.2, -0.15) is 5.10 Å². The summed E-state index contributed by atoms with van der Waals surface area (Å²) in [4.78, 5) is 0. The van der Waals surface area contributed by atoms with Crippen molar-refractivity contribution >= 4 is 5.71 Å². The third-order valence-electron chi connectivity index (χ3n) is 4.22. The predicted octanol–water partition coefficient (Wildman–Crippen LogP) is 5.28. The molecule has 0 aromatic heterocycles. The molecule has 1 aliphatic heterocycles. The molecule has 0 fully saturated rings. The minimum Gasteiger partial charge on any atom is -0.269 e. The van der Waals surface area contributed by atoms with E-state index in [-0.39, 0.29) is 0 Å². The van der Waals surface area contributed by atoms with E-state index in [4.69, 9.17) is 5.10 Å². The molecule has 0 aromatic rings. The van der Waals surface area contributed by atoms with E-state index in [1.165, 1.54) is 53.8 Å². The monoisotopic (exact) mass is 262 g/mol. The van der Waals surface area contributed by atoms with Crippen molar-refractivity contribution in [1.29, 1.82) is 0 Å². The van der Waals surface area contributed by atoms with Crippen LogP contribution >= 0.6 is 0 Å². The molecule has 108 valence electrons. The fourth-order valence-corrected chi connectivity index (χ4v) is 2.37. The van der Waals surface area contributed by atoms with Gasteiger partial charge in [0.15, 0.2) is 0 Å². The Morgan fingerprint density at radius 1 is 0.842 bits per heavy atom. The predicted molar refractivity (Wildman–Crippen MR) is 85.3 cm³/mol. The number of allylic oxidation sites excluding steroid dienone is 4. The van der Waals surface area contributed by atoms with Gasteiger partial charge >= 0.3 is 0 Å². The number of hydrogen-bond donors (Lipinski definition) is 0. The molecule has 2 nitrogen and oxygen atoms in total. The Hall–Kier alpha value is -1.05. The third kappa shape index (κ3) is 3.95. The molecule has 1 rings (SSSR count). The molecule has 0 aliphatic carbocycles. The first kappa shape index (κ1) is 16.0. The Labute approximate surface area is 119 Å². The van der Waals surface area contributed by atoms with Crippen LogP contribution < -0.4 is 0 Å². The molecule has 0 unspecified atom stereocenters. The Morgan fingerprint density at radius 2 is 1.47 bits per heavy atom. The highest BCUT2D eigenvalue weighted by Gasteiger charge is 2.17. The molecule has 0 saturated heterocycles. The number of rotatable bonds is 6. The van der Waals surface area contributed by atoms with E-state index >= 15 is 0 Å². The standard InChI is InChI=1S/C17H30N2/c1-7-9-11-17-15(5)13(3)14(4)16(6)19(18-17)12-10-8-2/h7-12H2,1-6H3. The molecule has 0 atom stereocenters. The maximum Gasteiger partial charge on any atom is 0.0641 e. The Balaban J connectivity index is 3.07. The summed E-state index contributed by atoms with van der Waals surface area (Å²) in [6, 6.07) is 0. The van der Waals surface area contributed by atoms with Gasteiger partial charge in [-0.1, -0.05) is 26.7 Å². The summed E-state index contributed by atoms with van der Waals surface area (Å²) >= 11 is 0. The lowest BCUT2D eigenvalue weighted by Gasteiger charge is -2.21. The molecule has 19 heavy (non-hydrogen) atoms. The van der Waals surface area contributed by atoms with Crippen LogP contribution in [0.15, 0.2) is 27.5 Å². The van der Waals surface area contributed by atoms with Crippen molar-refractivity contribution in [2.75, 3.05) is 6.54 Å². The van der Waals surface area contributed by atoms with Gasteiger partial charge in [0.2, 0.25) is 0 Å². The number of unbranched alkanes of at least 4 members (excludes halogenated alkanes) is 2. The summed E-state index contributed by atoms with van der Waals surface area (Å²) in [5.74, 6) is 0. The SMILES string of the molecule is CCCCC1=NN(CCCC)C(C)=C(C)C(C)=C1C. The highest BCUT2D eigenvalue weighted by molar-refractivity contribution is 6.01. The van der Waals surface area contributed by atoms with Crippen LogP contribution in [0.1, 0.15) is 73.6 Å². The fourth-order valence-electron chi connectivity index (χ4n) is 2.37. The molecule has 0 saturated carbocycles. The molecule has 1 heterocycles. The van der Waals surface area contributed by atoms with Crippen LogP contribution in [0.25, 0.3) is 0 Å². The van der Waals surface area contributed by atoms with Crippen LogP contribution in [-0.2, 0) is 0 Å². The van der Waals surface area contributed by atoms with E-state index in [9.17, 15) is 0 Å². The van der Waals surface area contributed by atoms with E-state index in [0.717, 1.165) is 13.0 Å². The molecule has 2 heteroatoms. The van der Waals surface area contributed by atoms with E-state index in [2.05, 4.69) is 46.6 Å². The van der Waals surface area contributed by atoms with Gasteiger partial charge in [0, 0.05) is 12.2 Å². The van der Waals surface area contributed by atoms with Gasteiger partial charge in [-0.3, -0.25) is 5.01 Å². The lowest BCUT2D eigenvalue weighted by atomic mass is 9.97. The summed E-state index contributed by atoms with van der Waals surface area (Å²) in [5, 5.41) is 7.17. The van der Waals surface area contributed by atoms with E-state index in [1.807, 2.05) is 0 Å². The quantitative estimate of drug-likeness (QED) is 0.636. The molecular formula is C17H30N2. The van der Waals surface area contributed by atoms with Crippen LogP contribution in [0.5, 0.6) is 0 Å². The Bertz CT molecular complexity index is 399. The molecule has 0 radical (unpaired) electrons. The minimum atomic E-state index is 1.04. The highest BCUT2D eigenvalue weighted by Crippen LogP contribution is 2.26. The Morgan fingerprint density at radius 3 is 2.05 bits per heavy atom. The van der Waals surface area contributed by atoms with Crippen LogP contribution in [0.2, 0.25) is 0 Å². The molecule has 0 aromatic carbocycles. The molecule has 1 aliphatic rings. The van der Waals surface area contributed by atoms with Gasteiger partial charge in [0.25, 0.3) is 0 Å². The van der Waals surface area contributed by atoms with Crippen molar-refractivity contribution < 1.29 is 0 Å². The third-order valence-corrected chi connectivity index (χ3v) is 4.22. The van der Waals surface area contributed by atoms with Crippen LogP contribution in [0.3, 0.4) is 0 Å². The zero-order valence-corrected chi connectivity index (χ0v) is 13.6. The van der Waals surface area contributed by atoms with Crippen molar-refractivity contribution in [3.05, 3.63) is 22.4 Å². The second kappa shape index (κ2) is 7.52. The van der Waals surface area contributed by atoms with E-state index < -0.39 is 0 Å². The molecule has 0 N–H and O–H groups in total. The zero-order chi connectivity index (χ0) is 14.4. The van der Waals surface area contributed by atoms with Crippen molar-refractivity contribution in [3.63, 3.8) is 0 Å². The van der Waals surface area contributed by atoms with E-state index in [0.29, 0.717) is 0 Å². The van der Waals surface area contributed by atoms with Crippen molar-refractivity contribution in [1.82, 2.24) is 5.01 Å². The second-order valence-corrected chi connectivity index (χ2v) is 5.59. The van der Waals surface area contributed by atoms with Crippen LogP contribution in [-0.4, -0.2) is 17.3 Å². The smallest absolute Gasteiger partial charge is 0.0641 e. The van der Waals surface area contributed by atoms with Crippen molar-refractivity contribution in [2.45, 2.75) is 73.6 Å². The first-order valence-electron chi connectivity index (χ1n) is 7.73. The van der Waals surface area contributed by atoms with Crippen molar-refractivity contribution in [3.8, 4) is 0 Å². The van der Waals surface area contributed by atoms with E-state index in [1.54, 1.807) is 0 Å². The number of hydrazone groups is 1. The first-order valence-corrected chi connectivity index (χ1v) is 7.73. The largest absolute Gasteiger partial charge is 0.269 e. The highest BCUT2D eigenvalue weighted by atomic mass is 15.5. The first-order chi connectivity index (χ1) is 9.02. The van der Waals surface area contributed by atoms with Gasteiger partial charge in [0.1, 0.15) is 0 Å². The van der Waals surface area contributed by atoms with Gasteiger partial charge < -0.3 is 0 Å². The van der Waals surface area contributed by atoms with Crippen molar-refractivity contribution in [2.24, 2.45) is 5.10 Å². The maximum absolute atomic E-state index is 4.95. The summed E-state index contributed by atoms with van der Waals surface area (Å²) in [6.45, 7) is 14.4. The average Bonchev–Trinajstić information content (AvgIpc) is 2.49. The number of hydrogen-bond acceptors (Lipinski definition) is 2. The molecule has 0 bridgehead atoms. The lowest BCUT2D eigenvalue weighted by molar-refractivity contribution is 0.354. The zero-order valence-electron chi connectivity index (χ0n) is 13.6. The lowest BCUT2D eigenvalue weighted by Crippen LogP contribution is -2.19. The summed E-state index contributed by atoms with van der Waals surface area (Å²) < 4.78 is 0. The van der Waals surface area contributed by atoms with Crippen LogP contribution in [0.4, 0.5) is 0 Å². The molecule has 0 amide bonds. The molecular weight excluding hydrogens is 232 g/mol.